The third-order valence-electron chi connectivity index (χ3n) is 4.65. The van der Waals surface area contributed by atoms with Crippen LogP contribution in [0.3, 0.4) is 0 Å². The molecule has 0 radical (unpaired) electrons. The molecule has 0 bridgehead atoms. The van der Waals surface area contributed by atoms with E-state index in [2.05, 4.69) is 20.9 Å². The Balaban J connectivity index is 1.59. The SMILES string of the molecule is COc1cc(/C=C2\N=C(c3ccccc3Br)OC2=O)cc(Cl)c1OCc1ccc(Cl)c(Cl)c1. The smallest absolute Gasteiger partial charge is 0.363 e. The second kappa shape index (κ2) is 10.2. The molecule has 1 aliphatic rings. The number of methoxy groups -OCH3 is 1. The fraction of sp³-hybridized carbons (Fsp3) is 0.0833. The van der Waals surface area contributed by atoms with E-state index in [1.807, 2.05) is 18.2 Å². The lowest BCUT2D eigenvalue weighted by Crippen LogP contribution is -2.05. The van der Waals surface area contributed by atoms with E-state index in [0.29, 0.717) is 37.7 Å². The monoisotopic (exact) mass is 565 g/mol. The molecular formula is C24H15BrCl3NO4. The van der Waals surface area contributed by atoms with E-state index in [0.717, 1.165) is 10.0 Å². The van der Waals surface area contributed by atoms with Gasteiger partial charge in [-0.15, -0.1) is 0 Å². The number of esters is 1. The van der Waals surface area contributed by atoms with Gasteiger partial charge in [-0.05, 0) is 69.5 Å². The van der Waals surface area contributed by atoms with Gasteiger partial charge in [-0.2, -0.15) is 0 Å². The first-order valence-corrected chi connectivity index (χ1v) is 11.5. The topological polar surface area (TPSA) is 57.1 Å². The Labute approximate surface area is 213 Å². The molecule has 0 saturated carbocycles. The Morgan fingerprint density at radius 1 is 1.03 bits per heavy atom. The number of halogens is 4. The predicted octanol–water partition coefficient (Wildman–Crippen LogP) is 7.34. The molecule has 4 rings (SSSR count). The molecule has 0 fully saturated rings. The molecule has 3 aromatic carbocycles. The summed E-state index contributed by atoms with van der Waals surface area (Å²) in [5.41, 5.74) is 2.23. The number of carbonyl (C=O) groups is 1. The lowest BCUT2D eigenvalue weighted by Gasteiger charge is -2.14. The number of benzene rings is 3. The van der Waals surface area contributed by atoms with Gasteiger partial charge in [0.05, 0.1) is 27.7 Å². The molecule has 0 amide bonds. The quantitative estimate of drug-likeness (QED) is 0.231. The minimum absolute atomic E-state index is 0.142. The normalized spacial score (nSPS) is 14.3. The number of hydrogen-bond donors (Lipinski definition) is 0. The van der Waals surface area contributed by atoms with Crippen LogP contribution >= 0.6 is 50.7 Å². The van der Waals surface area contributed by atoms with E-state index in [4.69, 9.17) is 49.0 Å². The lowest BCUT2D eigenvalue weighted by molar-refractivity contribution is -0.129. The van der Waals surface area contributed by atoms with Crippen LogP contribution in [0, 0.1) is 0 Å². The summed E-state index contributed by atoms with van der Waals surface area (Å²) >= 11 is 21.9. The molecule has 168 valence electrons. The van der Waals surface area contributed by atoms with E-state index >= 15 is 0 Å². The minimum atomic E-state index is -0.559. The van der Waals surface area contributed by atoms with E-state index in [1.165, 1.54) is 7.11 Å². The van der Waals surface area contributed by atoms with E-state index in [9.17, 15) is 4.79 Å². The van der Waals surface area contributed by atoms with Crippen molar-refractivity contribution in [2.75, 3.05) is 7.11 Å². The van der Waals surface area contributed by atoms with Gasteiger partial charge in [-0.3, -0.25) is 0 Å². The number of rotatable bonds is 6. The Morgan fingerprint density at radius 2 is 1.82 bits per heavy atom. The minimum Gasteiger partial charge on any atom is -0.493 e. The second-order valence-corrected chi connectivity index (χ2v) is 8.96. The highest BCUT2D eigenvalue weighted by Crippen LogP contribution is 2.38. The maximum Gasteiger partial charge on any atom is 0.363 e. The maximum absolute atomic E-state index is 12.4. The van der Waals surface area contributed by atoms with Gasteiger partial charge >= 0.3 is 5.97 Å². The Kier molecular flexibility index (Phi) is 7.29. The first-order chi connectivity index (χ1) is 15.9. The highest BCUT2D eigenvalue weighted by Gasteiger charge is 2.25. The lowest BCUT2D eigenvalue weighted by atomic mass is 10.1. The van der Waals surface area contributed by atoms with Crippen molar-refractivity contribution in [3.05, 3.63) is 96.5 Å². The summed E-state index contributed by atoms with van der Waals surface area (Å²) < 4.78 is 17.4. The summed E-state index contributed by atoms with van der Waals surface area (Å²) in [5, 5.41) is 1.20. The molecule has 0 aliphatic carbocycles. The molecule has 0 aromatic heterocycles. The van der Waals surface area contributed by atoms with Crippen molar-refractivity contribution < 1.29 is 19.0 Å². The fourth-order valence-electron chi connectivity index (χ4n) is 3.06. The molecule has 0 spiro atoms. The van der Waals surface area contributed by atoms with Crippen LogP contribution in [-0.2, 0) is 16.1 Å². The molecule has 1 heterocycles. The average Bonchev–Trinajstić information content (AvgIpc) is 3.15. The third-order valence-corrected chi connectivity index (χ3v) is 6.36. The van der Waals surface area contributed by atoms with Crippen molar-refractivity contribution in [2.45, 2.75) is 6.61 Å². The van der Waals surface area contributed by atoms with Crippen LogP contribution < -0.4 is 9.47 Å². The van der Waals surface area contributed by atoms with Crippen LogP contribution in [0.25, 0.3) is 6.08 Å². The summed E-state index contributed by atoms with van der Waals surface area (Å²) in [6.45, 7) is 0.208. The first-order valence-electron chi connectivity index (χ1n) is 9.57. The molecule has 3 aromatic rings. The number of hydrogen-bond acceptors (Lipinski definition) is 5. The summed E-state index contributed by atoms with van der Waals surface area (Å²) in [7, 11) is 1.50. The zero-order chi connectivity index (χ0) is 23.5. The molecule has 1 aliphatic heterocycles. The van der Waals surface area contributed by atoms with Gasteiger partial charge in [0.25, 0.3) is 0 Å². The van der Waals surface area contributed by atoms with Gasteiger partial charge in [0.2, 0.25) is 5.90 Å². The number of cyclic esters (lactones) is 1. The van der Waals surface area contributed by atoms with Crippen LogP contribution in [0.15, 0.2) is 69.8 Å². The van der Waals surface area contributed by atoms with Gasteiger partial charge in [0, 0.05) is 4.47 Å². The van der Waals surface area contributed by atoms with Crippen molar-refractivity contribution in [2.24, 2.45) is 4.99 Å². The summed E-state index contributed by atoms with van der Waals surface area (Å²) in [4.78, 5) is 16.7. The Bertz CT molecular complexity index is 1310. The molecule has 0 unspecified atom stereocenters. The van der Waals surface area contributed by atoms with Gasteiger partial charge in [-0.25, -0.2) is 9.79 Å². The van der Waals surface area contributed by atoms with Crippen LogP contribution in [-0.4, -0.2) is 19.0 Å². The molecular weight excluding hydrogens is 553 g/mol. The number of carbonyl (C=O) groups excluding carboxylic acids is 1. The Morgan fingerprint density at radius 3 is 2.55 bits per heavy atom. The molecule has 0 N–H and O–H groups in total. The highest BCUT2D eigenvalue weighted by molar-refractivity contribution is 9.10. The maximum atomic E-state index is 12.4. The largest absolute Gasteiger partial charge is 0.493 e. The third kappa shape index (κ3) is 5.36. The summed E-state index contributed by atoms with van der Waals surface area (Å²) in [6.07, 6.45) is 1.57. The average molecular weight is 568 g/mol. The van der Waals surface area contributed by atoms with Crippen molar-refractivity contribution in [1.29, 1.82) is 0 Å². The predicted molar refractivity (Wildman–Crippen MR) is 134 cm³/mol. The number of ether oxygens (including phenoxy) is 3. The van der Waals surface area contributed by atoms with Crippen LogP contribution in [0.1, 0.15) is 16.7 Å². The van der Waals surface area contributed by atoms with Crippen molar-refractivity contribution >= 4 is 68.7 Å². The number of nitrogens with zero attached hydrogens (tertiary/aromatic N) is 1. The van der Waals surface area contributed by atoms with E-state index in [-0.39, 0.29) is 18.2 Å². The van der Waals surface area contributed by atoms with Crippen LogP contribution in [0.5, 0.6) is 11.5 Å². The molecule has 9 heteroatoms. The molecule has 5 nitrogen and oxygen atoms in total. The van der Waals surface area contributed by atoms with Crippen LogP contribution in [0.2, 0.25) is 15.1 Å². The molecule has 0 saturated heterocycles. The summed E-state index contributed by atoms with van der Waals surface area (Å²) in [6, 6.07) is 15.9. The number of aliphatic imine (C=N–C) groups is 1. The van der Waals surface area contributed by atoms with E-state index < -0.39 is 5.97 Å². The molecule has 33 heavy (non-hydrogen) atoms. The van der Waals surface area contributed by atoms with E-state index in [1.54, 1.807) is 42.5 Å². The van der Waals surface area contributed by atoms with Gasteiger partial charge in [0.1, 0.15) is 6.61 Å². The zero-order valence-corrected chi connectivity index (χ0v) is 20.9. The Hall–Kier alpha value is -2.51. The zero-order valence-electron chi connectivity index (χ0n) is 17.1. The fourth-order valence-corrected chi connectivity index (χ4v) is 4.11. The van der Waals surface area contributed by atoms with Gasteiger partial charge < -0.3 is 14.2 Å². The first kappa shape index (κ1) is 23.6. The van der Waals surface area contributed by atoms with Crippen molar-refractivity contribution in [3.8, 4) is 11.5 Å². The van der Waals surface area contributed by atoms with Crippen molar-refractivity contribution in [3.63, 3.8) is 0 Å². The van der Waals surface area contributed by atoms with Crippen LogP contribution in [0.4, 0.5) is 0 Å². The summed E-state index contributed by atoms with van der Waals surface area (Å²) in [5.74, 6) is 0.420. The van der Waals surface area contributed by atoms with Crippen molar-refractivity contribution in [1.82, 2.24) is 0 Å². The molecule has 0 atom stereocenters. The highest BCUT2D eigenvalue weighted by atomic mass is 79.9. The van der Waals surface area contributed by atoms with Gasteiger partial charge in [-0.1, -0.05) is 53.0 Å². The van der Waals surface area contributed by atoms with Gasteiger partial charge in [0.15, 0.2) is 17.2 Å². The standard InChI is InChI=1S/C24H15BrCl3NO4/c1-31-21-11-14(9-19(28)22(21)32-12-13-6-7-17(26)18(27)8-13)10-20-24(30)33-23(29-20)15-4-2-3-5-16(15)25/h2-11H,12H2,1H3/b20-10-. The second-order valence-electron chi connectivity index (χ2n) is 6.89.